The van der Waals surface area contributed by atoms with Crippen LogP contribution in [0.1, 0.15) is 56.7 Å². The van der Waals surface area contributed by atoms with Gasteiger partial charge in [0.05, 0.1) is 15.7 Å². The SMILES string of the molecule is CC(C)Oc1ccc(-c2nc(-c3cccc4c3CC[C@@H]4NC(=O)N3CCC(CC(=O)O)CC3)no2)cc1I. The van der Waals surface area contributed by atoms with Crippen LogP contribution in [0, 0.1) is 9.49 Å². The number of carboxylic acid groups (broad SMARTS) is 1. The number of nitrogens with one attached hydrogen (secondary N) is 1. The standard InChI is InChI=1S/C28H31IN4O5/c1-16(2)37-24-9-6-18(15-22(24)29)27-31-26(32-38-27)21-5-3-4-20-19(21)7-8-23(20)30-28(36)33-12-10-17(11-13-33)14-25(34)35/h3-6,9,15-17,23H,7-8,10-14H2,1-2H3,(H,30,36)(H,34,35)/t23-/m0/s1. The van der Waals surface area contributed by atoms with Gasteiger partial charge in [0.25, 0.3) is 5.89 Å². The molecule has 0 unspecified atom stereocenters. The van der Waals surface area contributed by atoms with Crippen molar-refractivity contribution < 1.29 is 24.0 Å². The highest BCUT2D eigenvalue weighted by Gasteiger charge is 2.30. The number of carbonyl (C=O) groups is 2. The molecule has 9 nitrogen and oxygen atoms in total. The van der Waals surface area contributed by atoms with Gasteiger partial charge in [-0.05, 0) is 97.4 Å². The van der Waals surface area contributed by atoms with Crippen LogP contribution in [0.2, 0.25) is 0 Å². The molecule has 10 heteroatoms. The number of aliphatic carboxylic acids is 1. The molecule has 200 valence electrons. The number of hydrogen-bond acceptors (Lipinski definition) is 6. The van der Waals surface area contributed by atoms with E-state index in [2.05, 4.69) is 38.0 Å². The van der Waals surface area contributed by atoms with Gasteiger partial charge >= 0.3 is 12.0 Å². The highest BCUT2D eigenvalue weighted by molar-refractivity contribution is 14.1. The zero-order valence-corrected chi connectivity index (χ0v) is 23.6. The number of benzene rings is 2. The minimum atomic E-state index is -0.774. The van der Waals surface area contributed by atoms with Crippen LogP contribution in [0.5, 0.6) is 5.75 Å². The normalized spacial score (nSPS) is 17.5. The summed E-state index contributed by atoms with van der Waals surface area (Å²) < 4.78 is 12.4. The lowest BCUT2D eigenvalue weighted by Crippen LogP contribution is -2.45. The van der Waals surface area contributed by atoms with Gasteiger partial charge < -0.3 is 24.6 Å². The monoisotopic (exact) mass is 630 g/mol. The molecule has 1 aliphatic carbocycles. The summed E-state index contributed by atoms with van der Waals surface area (Å²) in [5.74, 6) is 1.16. The first-order valence-electron chi connectivity index (χ1n) is 13.0. The van der Waals surface area contributed by atoms with Crippen LogP contribution in [0.15, 0.2) is 40.9 Å². The van der Waals surface area contributed by atoms with Crippen molar-refractivity contribution in [2.24, 2.45) is 5.92 Å². The molecule has 5 rings (SSSR count). The summed E-state index contributed by atoms with van der Waals surface area (Å²) in [5, 5.41) is 16.5. The minimum Gasteiger partial charge on any atom is -0.490 e. The maximum absolute atomic E-state index is 13.0. The predicted molar refractivity (Wildman–Crippen MR) is 150 cm³/mol. The van der Waals surface area contributed by atoms with Crippen LogP contribution in [-0.4, -0.2) is 51.3 Å². The molecule has 2 heterocycles. The second-order valence-corrected chi connectivity index (χ2v) is 11.3. The van der Waals surface area contributed by atoms with Crippen molar-refractivity contribution in [1.29, 1.82) is 0 Å². The Labute approximate surface area is 235 Å². The first-order chi connectivity index (χ1) is 18.3. The molecule has 1 atom stereocenters. The van der Waals surface area contributed by atoms with Crippen LogP contribution in [0.4, 0.5) is 4.79 Å². The Morgan fingerprint density at radius 3 is 2.71 bits per heavy atom. The molecule has 0 saturated carbocycles. The van der Waals surface area contributed by atoms with E-state index in [4.69, 9.17) is 14.4 Å². The van der Waals surface area contributed by atoms with Crippen LogP contribution < -0.4 is 10.1 Å². The van der Waals surface area contributed by atoms with E-state index >= 15 is 0 Å². The van der Waals surface area contributed by atoms with Gasteiger partial charge in [-0.2, -0.15) is 4.98 Å². The smallest absolute Gasteiger partial charge is 0.317 e. The van der Waals surface area contributed by atoms with Gasteiger partial charge in [0.2, 0.25) is 5.82 Å². The van der Waals surface area contributed by atoms with Crippen molar-refractivity contribution in [3.8, 4) is 28.6 Å². The number of piperidine rings is 1. The summed E-state index contributed by atoms with van der Waals surface area (Å²) in [7, 11) is 0. The van der Waals surface area contributed by atoms with E-state index < -0.39 is 5.97 Å². The second-order valence-electron chi connectivity index (χ2n) is 10.2. The summed E-state index contributed by atoms with van der Waals surface area (Å²) in [4.78, 5) is 30.4. The van der Waals surface area contributed by atoms with E-state index in [9.17, 15) is 9.59 Å². The Morgan fingerprint density at radius 1 is 1.21 bits per heavy atom. The van der Waals surface area contributed by atoms with Crippen molar-refractivity contribution in [2.45, 2.75) is 58.1 Å². The highest BCUT2D eigenvalue weighted by Crippen LogP contribution is 2.38. The summed E-state index contributed by atoms with van der Waals surface area (Å²) in [5.41, 5.74) is 3.94. The number of nitrogens with zero attached hydrogens (tertiary/aromatic N) is 3. The number of carboxylic acids is 1. The molecular formula is C28H31IN4O5. The van der Waals surface area contributed by atoms with E-state index in [1.165, 1.54) is 0 Å². The third-order valence-corrected chi connectivity index (χ3v) is 7.98. The quantitative estimate of drug-likeness (QED) is 0.323. The van der Waals surface area contributed by atoms with Crippen molar-refractivity contribution in [1.82, 2.24) is 20.4 Å². The number of aromatic nitrogens is 2. The van der Waals surface area contributed by atoms with E-state index in [-0.39, 0.29) is 30.5 Å². The lowest BCUT2D eigenvalue weighted by atomic mass is 9.94. The molecule has 1 saturated heterocycles. The largest absolute Gasteiger partial charge is 0.490 e. The fourth-order valence-corrected chi connectivity index (χ4v) is 5.92. The van der Waals surface area contributed by atoms with E-state index in [1.807, 2.05) is 50.2 Å². The lowest BCUT2D eigenvalue weighted by molar-refractivity contribution is -0.138. The maximum atomic E-state index is 13.0. The number of urea groups is 1. The van der Waals surface area contributed by atoms with Crippen LogP contribution in [0.25, 0.3) is 22.8 Å². The van der Waals surface area contributed by atoms with Gasteiger partial charge in [-0.15, -0.1) is 0 Å². The van der Waals surface area contributed by atoms with Crippen molar-refractivity contribution in [3.05, 3.63) is 51.1 Å². The van der Waals surface area contributed by atoms with E-state index in [1.54, 1.807) is 4.90 Å². The van der Waals surface area contributed by atoms with Gasteiger partial charge in [-0.1, -0.05) is 23.4 Å². The molecule has 2 aliphatic rings. The summed E-state index contributed by atoms with van der Waals surface area (Å²) in [6.07, 6.45) is 3.31. The number of halogens is 1. The molecular weight excluding hydrogens is 599 g/mol. The number of fused-ring (bicyclic) bond motifs is 1. The topological polar surface area (TPSA) is 118 Å². The second kappa shape index (κ2) is 11.3. The molecule has 0 bridgehead atoms. The highest BCUT2D eigenvalue weighted by atomic mass is 127. The van der Waals surface area contributed by atoms with E-state index in [0.717, 1.165) is 57.3 Å². The van der Waals surface area contributed by atoms with Crippen molar-refractivity contribution in [3.63, 3.8) is 0 Å². The lowest BCUT2D eigenvalue weighted by Gasteiger charge is -2.32. The van der Waals surface area contributed by atoms with Crippen molar-refractivity contribution in [2.75, 3.05) is 13.1 Å². The molecule has 0 radical (unpaired) electrons. The van der Waals surface area contributed by atoms with Gasteiger partial charge in [0, 0.05) is 30.6 Å². The molecule has 2 aromatic carbocycles. The predicted octanol–water partition coefficient (Wildman–Crippen LogP) is 5.68. The van der Waals surface area contributed by atoms with Gasteiger partial charge in [0.1, 0.15) is 5.75 Å². The minimum absolute atomic E-state index is 0.0874. The van der Waals surface area contributed by atoms with E-state index in [0.29, 0.717) is 24.8 Å². The Balaban J connectivity index is 1.28. The molecule has 3 aromatic rings. The Kier molecular flexibility index (Phi) is 7.87. The number of likely N-dealkylation sites (tertiary alicyclic amines) is 1. The first kappa shape index (κ1) is 26.5. The molecule has 1 fully saturated rings. The average molecular weight is 630 g/mol. The maximum Gasteiger partial charge on any atom is 0.317 e. The Hall–Kier alpha value is -3.15. The number of ether oxygens (including phenoxy) is 1. The molecule has 1 aromatic heterocycles. The zero-order chi connectivity index (χ0) is 26.8. The zero-order valence-electron chi connectivity index (χ0n) is 21.4. The van der Waals surface area contributed by atoms with Gasteiger partial charge in [0.15, 0.2) is 0 Å². The number of rotatable bonds is 7. The fourth-order valence-electron chi connectivity index (χ4n) is 5.27. The van der Waals surface area contributed by atoms with Crippen LogP contribution >= 0.6 is 22.6 Å². The molecule has 38 heavy (non-hydrogen) atoms. The number of carbonyl (C=O) groups excluding carboxylic acids is 1. The Morgan fingerprint density at radius 2 is 2.00 bits per heavy atom. The fraction of sp³-hybridized carbons (Fsp3) is 0.429. The first-order valence-corrected chi connectivity index (χ1v) is 14.1. The van der Waals surface area contributed by atoms with Crippen LogP contribution in [-0.2, 0) is 11.2 Å². The average Bonchev–Trinajstić information content (AvgIpc) is 3.53. The molecule has 2 amide bonds. The Bertz CT molecular complexity index is 1330. The van der Waals surface area contributed by atoms with Gasteiger partial charge in [-0.25, -0.2) is 4.79 Å². The molecule has 0 spiro atoms. The van der Waals surface area contributed by atoms with Crippen LogP contribution in [0.3, 0.4) is 0 Å². The third kappa shape index (κ3) is 5.79. The number of hydrogen-bond donors (Lipinski definition) is 2. The summed E-state index contributed by atoms with van der Waals surface area (Å²) in [6, 6.07) is 11.6. The summed E-state index contributed by atoms with van der Waals surface area (Å²) in [6.45, 7) is 5.15. The molecule has 2 N–H and O–H groups in total. The third-order valence-electron chi connectivity index (χ3n) is 7.14. The molecule has 1 aliphatic heterocycles. The number of amides is 2. The summed E-state index contributed by atoms with van der Waals surface area (Å²) >= 11 is 2.25. The van der Waals surface area contributed by atoms with Gasteiger partial charge in [-0.3, -0.25) is 4.79 Å². The van der Waals surface area contributed by atoms with Crippen molar-refractivity contribution >= 4 is 34.6 Å².